The second kappa shape index (κ2) is 15.0. The number of oxime groups is 2. The van der Waals surface area contributed by atoms with E-state index in [1.165, 1.54) is 0 Å². The molecular formula is C23H23F3N10O9S3. The maximum absolute atomic E-state index is 13.3. The van der Waals surface area contributed by atoms with Crippen LogP contribution in [0.2, 0.25) is 0 Å². The molecular weight excluding hydrogens is 714 g/mol. The van der Waals surface area contributed by atoms with E-state index in [1.807, 2.05) is 0 Å². The van der Waals surface area contributed by atoms with E-state index in [0.29, 0.717) is 16.9 Å². The summed E-state index contributed by atoms with van der Waals surface area (Å²) in [4.78, 5) is 75.9. The summed E-state index contributed by atoms with van der Waals surface area (Å²) >= 11 is 2.71. The Kier molecular flexibility index (Phi) is 11.2. The van der Waals surface area contributed by atoms with Crippen molar-refractivity contribution in [3.63, 3.8) is 0 Å². The first-order chi connectivity index (χ1) is 22.6. The predicted octanol–water partition coefficient (Wildman–Crippen LogP) is 0.377. The van der Waals surface area contributed by atoms with Gasteiger partial charge in [-0.05, 0) is 29.8 Å². The number of hydrogen-bond acceptors (Lipinski definition) is 16. The molecule has 4 heterocycles. The van der Waals surface area contributed by atoms with E-state index in [4.69, 9.17) is 4.84 Å². The number of fused-ring (bicyclic) bond motifs is 1. The molecule has 2 atom stereocenters. The Bertz CT molecular complexity index is 1710. The molecule has 1 fully saturated rings. The first-order valence-electron chi connectivity index (χ1n) is 13.1. The number of nitrogens with one attached hydrogen (secondary N) is 2. The quantitative estimate of drug-likeness (QED) is 0.0885. The number of carbonyl (C=O) groups excluding carboxylic acids is 3. The van der Waals surface area contributed by atoms with E-state index < -0.39 is 69.9 Å². The Morgan fingerprint density at radius 3 is 2.58 bits per heavy atom. The lowest BCUT2D eigenvalue weighted by atomic mass is 10.0. The molecule has 2 aromatic rings. The molecule has 2 unspecified atom stereocenters. The average molecular weight is 737 g/mol. The summed E-state index contributed by atoms with van der Waals surface area (Å²) in [6, 6.07) is -1.22. The largest absolute Gasteiger partial charge is 0.477 e. The number of thiazole rings is 1. The second-order valence-electron chi connectivity index (χ2n) is 9.64. The molecule has 4 N–H and O–H groups in total. The number of tetrazole rings is 1. The van der Waals surface area contributed by atoms with Crippen LogP contribution in [0.4, 0.5) is 18.3 Å². The molecule has 0 aliphatic carbocycles. The van der Waals surface area contributed by atoms with Gasteiger partial charge in [-0.3, -0.25) is 24.6 Å². The molecule has 48 heavy (non-hydrogen) atoms. The standard InChI is InChI=1S/C23H23F3N10O9S3/c1-8(2)45-32-12(11-7-47-21(27-11)29-20(43)23(24,25)26)15(37)28-13-16(38)36-14(19(41)42)9(5-46-17(13)36)6-48-22-30-33-34-35(22)4-10(18(39)40)31-44-3/h7-8,13,17H,4-6H2,1-3H3,(H,28,37)(H,39,40)(H,41,42)(H,27,29,43)/b31-10-,32-12+. The van der Waals surface area contributed by atoms with Crippen LogP contribution in [0, 0.1) is 0 Å². The molecule has 2 aliphatic heterocycles. The minimum absolute atomic E-state index is 0.00720. The van der Waals surface area contributed by atoms with Gasteiger partial charge in [0, 0.05) is 16.9 Å². The van der Waals surface area contributed by atoms with Crippen LogP contribution in [0.25, 0.3) is 0 Å². The average Bonchev–Trinajstić information content (AvgIpc) is 3.66. The normalized spacial score (nSPS) is 18.3. The molecule has 0 radical (unpaired) electrons. The first kappa shape index (κ1) is 36.1. The lowest BCUT2D eigenvalue weighted by Gasteiger charge is -2.49. The van der Waals surface area contributed by atoms with Gasteiger partial charge in [-0.25, -0.2) is 19.3 Å². The molecule has 0 spiro atoms. The van der Waals surface area contributed by atoms with Crippen molar-refractivity contribution >= 4 is 81.1 Å². The number of anilines is 1. The molecule has 258 valence electrons. The van der Waals surface area contributed by atoms with Gasteiger partial charge >= 0.3 is 24.0 Å². The van der Waals surface area contributed by atoms with E-state index in [-0.39, 0.29) is 34.6 Å². The van der Waals surface area contributed by atoms with Crippen molar-refractivity contribution in [1.82, 2.24) is 35.4 Å². The van der Waals surface area contributed by atoms with Crippen LogP contribution in [0.5, 0.6) is 0 Å². The van der Waals surface area contributed by atoms with Crippen LogP contribution in [0.15, 0.2) is 32.1 Å². The van der Waals surface area contributed by atoms with Gasteiger partial charge < -0.3 is 25.2 Å². The van der Waals surface area contributed by atoms with E-state index in [2.05, 4.69) is 41.0 Å². The highest BCUT2D eigenvalue weighted by Crippen LogP contribution is 2.41. The number of aliphatic carboxylic acids is 2. The summed E-state index contributed by atoms with van der Waals surface area (Å²) in [5.41, 5.74) is -1.18. The zero-order valence-corrected chi connectivity index (χ0v) is 27.1. The smallest absolute Gasteiger partial charge is 0.471 e. The van der Waals surface area contributed by atoms with E-state index in [9.17, 15) is 47.4 Å². The summed E-state index contributed by atoms with van der Waals surface area (Å²) in [5, 5.41) is 41.4. The molecule has 1 saturated heterocycles. The fraction of sp³-hybridized carbons (Fsp3) is 0.435. The Morgan fingerprint density at radius 1 is 1.23 bits per heavy atom. The number of alkyl halides is 3. The van der Waals surface area contributed by atoms with Crippen molar-refractivity contribution in [2.75, 3.05) is 23.9 Å². The highest BCUT2D eigenvalue weighted by atomic mass is 32.2. The number of rotatable bonds is 14. The summed E-state index contributed by atoms with van der Waals surface area (Å²) in [6.07, 6.45) is -5.72. The summed E-state index contributed by atoms with van der Waals surface area (Å²) in [6.45, 7) is 2.81. The highest BCUT2D eigenvalue weighted by molar-refractivity contribution is 8.01. The molecule has 0 bridgehead atoms. The minimum atomic E-state index is -5.18. The highest BCUT2D eigenvalue weighted by Gasteiger charge is 2.54. The molecule has 3 amide bonds. The molecule has 25 heteroatoms. The topological polar surface area (TPSA) is 253 Å². The van der Waals surface area contributed by atoms with Crippen LogP contribution in [-0.2, 0) is 40.2 Å². The van der Waals surface area contributed by atoms with Gasteiger partial charge in [0.05, 0.1) is 6.54 Å². The van der Waals surface area contributed by atoms with Crippen LogP contribution < -0.4 is 10.6 Å². The lowest BCUT2D eigenvalue weighted by molar-refractivity contribution is -0.167. The fourth-order valence-electron chi connectivity index (χ4n) is 3.91. The number of nitrogens with zero attached hydrogens (tertiary/aromatic N) is 8. The zero-order chi connectivity index (χ0) is 35.3. The van der Waals surface area contributed by atoms with Gasteiger partial charge in [0.1, 0.15) is 36.0 Å². The number of hydrogen-bond donors (Lipinski definition) is 4. The third kappa shape index (κ3) is 8.19. The second-order valence-corrected chi connectivity index (χ2v) is 12.5. The maximum atomic E-state index is 13.3. The van der Waals surface area contributed by atoms with Crippen molar-refractivity contribution in [1.29, 1.82) is 0 Å². The maximum Gasteiger partial charge on any atom is 0.471 e. The number of amides is 3. The van der Waals surface area contributed by atoms with Crippen LogP contribution >= 0.6 is 34.9 Å². The van der Waals surface area contributed by atoms with Gasteiger partial charge in [-0.2, -0.15) is 13.2 Å². The van der Waals surface area contributed by atoms with Gasteiger partial charge in [0.25, 0.3) is 11.8 Å². The molecule has 0 saturated carbocycles. The predicted molar refractivity (Wildman–Crippen MR) is 160 cm³/mol. The van der Waals surface area contributed by atoms with Crippen LogP contribution in [-0.4, -0.2) is 124 Å². The SMILES string of the molecule is CO/N=C(/Cn1nnnc1SCC1=C(C(=O)O)N2C(=O)C(NC(=O)/C(=N/OC(C)C)c3csc(NC(=O)C(F)(F)F)n3)C2SC1)C(=O)O. The van der Waals surface area contributed by atoms with Crippen LogP contribution in [0.3, 0.4) is 0 Å². The lowest BCUT2D eigenvalue weighted by Crippen LogP contribution is -2.71. The number of carboxylic acids is 2. The number of carbonyl (C=O) groups is 5. The number of thioether (sulfide) groups is 2. The van der Waals surface area contributed by atoms with Crippen LogP contribution in [0.1, 0.15) is 19.5 Å². The summed E-state index contributed by atoms with van der Waals surface area (Å²) < 4.78 is 39.1. The number of β-lactam (4-membered cyclic amide) rings is 1. The van der Waals surface area contributed by atoms with Crippen molar-refractivity contribution < 1.29 is 57.0 Å². The number of carboxylic acid groups (broad SMARTS) is 2. The molecule has 2 aromatic heterocycles. The first-order valence-corrected chi connectivity index (χ1v) is 16.0. The van der Waals surface area contributed by atoms with Gasteiger partial charge in [0.15, 0.2) is 16.6 Å². The molecule has 2 aliphatic rings. The fourth-order valence-corrected chi connectivity index (χ4v) is 6.96. The monoisotopic (exact) mass is 736 g/mol. The third-order valence-electron chi connectivity index (χ3n) is 5.95. The Hall–Kier alpha value is -4.78. The van der Waals surface area contributed by atoms with E-state index in [1.54, 1.807) is 19.2 Å². The Labute approximate surface area is 278 Å². The zero-order valence-electron chi connectivity index (χ0n) is 24.6. The van der Waals surface area contributed by atoms with Gasteiger partial charge in [-0.1, -0.05) is 22.1 Å². The van der Waals surface area contributed by atoms with Crippen molar-refractivity contribution in [2.45, 2.75) is 49.2 Å². The van der Waals surface area contributed by atoms with E-state index >= 15 is 0 Å². The molecule has 4 rings (SSSR count). The molecule has 19 nitrogen and oxygen atoms in total. The summed E-state index contributed by atoms with van der Waals surface area (Å²) in [7, 11) is 1.16. The number of aromatic nitrogens is 5. The minimum Gasteiger partial charge on any atom is -0.477 e. The van der Waals surface area contributed by atoms with E-state index in [0.717, 1.165) is 45.6 Å². The number of halogens is 3. The van der Waals surface area contributed by atoms with Crippen molar-refractivity contribution in [3.8, 4) is 0 Å². The Morgan fingerprint density at radius 2 is 1.96 bits per heavy atom. The van der Waals surface area contributed by atoms with Gasteiger partial charge in [0.2, 0.25) is 5.16 Å². The Balaban J connectivity index is 1.48. The molecule has 0 aromatic carbocycles. The third-order valence-corrected chi connectivity index (χ3v) is 9.09. The van der Waals surface area contributed by atoms with Gasteiger partial charge in [-0.15, -0.1) is 28.2 Å². The van der Waals surface area contributed by atoms with Crippen molar-refractivity contribution in [2.24, 2.45) is 10.3 Å². The summed E-state index contributed by atoms with van der Waals surface area (Å²) in [5.74, 6) is -6.74. The van der Waals surface area contributed by atoms with Crippen molar-refractivity contribution in [3.05, 3.63) is 22.3 Å².